The third kappa shape index (κ3) is 6.10. The lowest BCUT2D eigenvalue weighted by Gasteiger charge is -2.48. The van der Waals surface area contributed by atoms with Crippen LogP contribution in [0.2, 0.25) is 0 Å². The van der Waals surface area contributed by atoms with Gasteiger partial charge in [-0.05, 0) is 11.1 Å². The highest BCUT2D eigenvalue weighted by Crippen LogP contribution is 2.37. The maximum absolute atomic E-state index is 6.54. The monoisotopic (exact) mass is 488 g/mol. The quantitative estimate of drug-likeness (QED) is 0.366. The van der Waals surface area contributed by atoms with E-state index in [9.17, 15) is 0 Å². The van der Waals surface area contributed by atoms with E-state index in [0.29, 0.717) is 26.4 Å². The zero-order valence-corrected chi connectivity index (χ0v) is 20.2. The van der Waals surface area contributed by atoms with Crippen LogP contribution in [0.1, 0.15) is 23.0 Å². The van der Waals surface area contributed by atoms with Gasteiger partial charge in [0.15, 0.2) is 12.6 Å². The summed E-state index contributed by atoms with van der Waals surface area (Å²) in [6.45, 7) is 5.27. The van der Waals surface area contributed by atoms with E-state index < -0.39 is 30.9 Å². The van der Waals surface area contributed by atoms with E-state index in [2.05, 4.69) is 6.58 Å². The molecule has 2 saturated heterocycles. The summed E-state index contributed by atoms with van der Waals surface area (Å²) in [6.07, 6.45) is -1.21. The summed E-state index contributed by atoms with van der Waals surface area (Å²) in [5.74, 6) is 0. The van der Waals surface area contributed by atoms with Gasteiger partial charge in [0, 0.05) is 5.56 Å². The summed E-state index contributed by atoms with van der Waals surface area (Å²) in [4.78, 5) is 0. The molecule has 0 bridgehead atoms. The van der Waals surface area contributed by atoms with Crippen molar-refractivity contribution < 1.29 is 28.4 Å². The number of ether oxygens (including phenoxy) is 6. The number of hydrogen-bond donors (Lipinski definition) is 0. The van der Waals surface area contributed by atoms with E-state index in [0.717, 1.165) is 16.7 Å². The van der Waals surface area contributed by atoms with Crippen LogP contribution in [0.15, 0.2) is 104 Å². The first-order valence-electron chi connectivity index (χ1n) is 12.3. The average Bonchev–Trinajstić information content (AvgIpc) is 2.95. The molecule has 36 heavy (non-hydrogen) atoms. The third-order valence-electron chi connectivity index (χ3n) is 6.30. The first-order chi connectivity index (χ1) is 17.8. The second-order valence-corrected chi connectivity index (χ2v) is 8.86. The first kappa shape index (κ1) is 24.8. The second-order valence-electron chi connectivity index (χ2n) is 8.86. The van der Waals surface area contributed by atoms with Crippen LogP contribution in [0.3, 0.4) is 0 Å². The molecule has 0 N–H and O–H groups in total. The Morgan fingerprint density at radius 1 is 0.722 bits per heavy atom. The van der Waals surface area contributed by atoms with Crippen LogP contribution in [0, 0.1) is 0 Å². The van der Waals surface area contributed by atoms with E-state index in [1.54, 1.807) is 6.08 Å². The summed E-state index contributed by atoms with van der Waals surface area (Å²) in [6, 6.07) is 30.0. The van der Waals surface area contributed by atoms with Gasteiger partial charge < -0.3 is 28.4 Å². The Kier molecular flexibility index (Phi) is 8.56. The fourth-order valence-electron chi connectivity index (χ4n) is 4.52. The van der Waals surface area contributed by atoms with Crippen molar-refractivity contribution in [1.82, 2.24) is 0 Å². The molecule has 6 heteroatoms. The van der Waals surface area contributed by atoms with Gasteiger partial charge in [-0.25, -0.2) is 0 Å². The SMILES string of the molecule is C=CCO[C@H]1O[C@@H]2COC(c3ccccc3)O[C@H]2[C@H](OCc2ccccc2)[C@H]1OCc1ccccc1. The summed E-state index contributed by atoms with van der Waals surface area (Å²) in [5, 5.41) is 0. The Hall–Kier alpha value is -2.84. The molecule has 3 aromatic carbocycles. The van der Waals surface area contributed by atoms with Gasteiger partial charge in [0.25, 0.3) is 0 Å². The molecule has 5 rings (SSSR count). The van der Waals surface area contributed by atoms with Crippen molar-refractivity contribution in [2.24, 2.45) is 0 Å². The Labute approximate surface area is 212 Å². The van der Waals surface area contributed by atoms with E-state index >= 15 is 0 Å². The molecule has 1 unspecified atom stereocenters. The first-order valence-corrected chi connectivity index (χ1v) is 12.3. The van der Waals surface area contributed by atoms with Crippen molar-refractivity contribution in [2.45, 2.75) is 50.2 Å². The molecule has 188 valence electrons. The zero-order valence-electron chi connectivity index (χ0n) is 20.2. The molecule has 0 radical (unpaired) electrons. The van der Waals surface area contributed by atoms with Crippen molar-refractivity contribution in [1.29, 1.82) is 0 Å². The molecule has 3 aromatic rings. The van der Waals surface area contributed by atoms with Gasteiger partial charge in [-0.2, -0.15) is 0 Å². The van der Waals surface area contributed by atoms with Crippen LogP contribution in [0.4, 0.5) is 0 Å². The topological polar surface area (TPSA) is 55.4 Å². The van der Waals surface area contributed by atoms with Crippen molar-refractivity contribution in [3.8, 4) is 0 Å². The Morgan fingerprint density at radius 2 is 1.31 bits per heavy atom. The Bertz CT molecular complexity index is 1060. The van der Waals surface area contributed by atoms with Gasteiger partial charge in [-0.3, -0.25) is 0 Å². The predicted molar refractivity (Wildman–Crippen MR) is 135 cm³/mol. The normalized spacial score (nSPS) is 27.8. The highest BCUT2D eigenvalue weighted by Gasteiger charge is 2.51. The molecular formula is C30H32O6. The second kappa shape index (κ2) is 12.4. The number of fused-ring (bicyclic) bond motifs is 1. The fraction of sp³-hybridized carbons (Fsp3) is 0.333. The number of hydrogen-bond acceptors (Lipinski definition) is 6. The molecule has 0 saturated carbocycles. The molecule has 0 spiro atoms. The fourth-order valence-corrected chi connectivity index (χ4v) is 4.52. The molecule has 0 amide bonds. The largest absolute Gasteiger partial charge is 0.368 e. The number of benzene rings is 3. The van der Waals surface area contributed by atoms with Gasteiger partial charge in [-0.1, -0.05) is 97.1 Å². The van der Waals surface area contributed by atoms with Crippen molar-refractivity contribution in [3.05, 3.63) is 120 Å². The minimum Gasteiger partial charge on any atom is -0.368 e. The smallest absolute Gasteiger partial charge is 0.187 e. The summed E-state index contributed by atoms with van der Waals surface area (Å²) >= 11 is 0. The lowest BCUT2D eigenvalue weighted by atomic mass is 9.97. The summed E-state index contributed by atoms with van der Waals surface area (Å²) in [5.41, 5.74) is 3.07. The van der Waals surface area contributed by atoms with Crippen LogP contribution in [0.5, 0.6) is 0 Å². The Balaban J connectivity index is 1.40. The van der Waals surface area contributed by atoms with E-state index in [-0.39, 0.29) is 6.10 Å². The van der Waals surface area contributed by atoms with E-state index in [1.807, 2.05) is 91.0 Å². The minimum atomic E-state index is -0.658. The highest BCUT2D eigenvalue weighted by atomic mass is 16.8. The maximum Gasteiger partial charge on any atom is 0.187 e. The van der Waals surface area contributed by atoms with Gasteiger partial charge in [0.1, 0.15) is 24.4 Å². The van der Waals surface area contributed by atoms with Crippen LogP contribution in [-0.2, 0) is 41.6 Å². The van der Waals surface area contributed by atoms with Crippen LogP contribution in [-0.4, -0.2) is 43.9 Å². The molecule has 2 aliphatic heterocycles. The van der Waals surface area contributed by atoms with E-state index in [4.69, 9.17) is 28.4 Å². The van der Waals surface area contributed by atoms with Gasteiger partial charge in [0.05, 0.1) is 26.4 Å². The predicted octanol–water partition coefficient (Wildman–Crippen LogP) is 5.20. The third-order valence-corrected chi connectivity index (χ3v) is 6.30. The number of rotatable bonds is 10. The molecule has 2 fully saturated rings. The molecule has 2 aliphatic rings. The lowest BCUT2D eigenvalue weighted by Crippen LogP contribution is -2.63. The maximum atomic E-state index is 6.54. The molecule has 6 atom stereocenters. The van der Waals surface area contributed by atoms with Gasteiger partial charge in [0.2, 0.25) is 0 Å². The van der Waals surface area contributed by atoms with Crippen LogP contribution >= 0.6 is 0 Å². The van der Waals surface area contributed by atoms with Gasteiger partial charge in [-0.15, -0.1) is 6.58 Å². The molecule has 0 aromatic heterocycles. The van der Waals surface area contributed by atoms with Crippen molar-refractivity contribution >= 4 is 0 Å². The Morgan fingerprint density at radius 3 is 1.92 bits per heavy atom. The van der Waals surface area contributed by atoms with E-state index in [1.165, 1.54) is 0 Å². The average molecular weight is 489 g/mol. The van der Waals surface area contributed by atoms with Gasteiger partial charge >= 0.3 is 0 Å². The van der Waals surface area contributed by atoms with Crippen LogP contribution < -0.4 is 0 Å². The molecule has 0 aliphatic carbocycles. The summed E-state index contributed by atoms with van der Waals surface area (Å²) in [7, 11) is 0. The highest BCUT2D eigenvalue weighted by molar-refractivity contribution is 5.17. The zero-order chi connectivity index (χ0) is 24.6. The summed E-state index contributed by atoms with van der Waals surface area (Å²) < 4.78 is 37.9. The minimum absolute atomic E-state index is 0.326. The van der Waals surface area contributed by atoms with Crippen LogP contribution in [0.25, 0.3) is 0 Å². The molecular weight excluding hydrogens is 456 g/mol. The lowest BCUT2D eigenvalue weighted by molar-refractivity contribution is -0.371. The van der Waals surface area contributed by atoms with Crippen molar-refractivity contribution in [3.63, 3.8) is 0 Å². The molecule has 2 heterocycles. The van der Waals surface area contributed by atoms with Crippen molar-refractivity contribution in [2.75, 3.05) is 13.2 Å². The molecule has 6 nitrogen and oxygen atoms in total. The standard InChI is InChI=1S/C30H32O6/c1-2-18-31-30-28(33-20-23-14-8-4-9-15-23)27(32-19-22-12-6-3-7-13-22)26-25(35-30)21-34-29(36-26)24-16-10-5-11-17-24/h2-17,25-30H,1,18-21H2/t25-,26-,27+,28-,29?,30+/m1/s1.